The molecule has 2 saturated carbocycles. The Morgan fingerprint density at radius 3 is 3.00 bits per heavy atom. The second-order valence-corrected chi connectivity index (χ2v) is 9.39. The van der Waals surface area contributed by atoms with Crippen LogP contribution >= 0.6 is 11.6 Å². The molecule has 4 unspecified atom stereocenters. The summed E-state index contributed by atoms with van der Waals surface area (Å²) in [7, 11) is 1.78. The molecule has 2 bridgehead atoms. The van der Waals surface area contributed by atoms with Gasteiger partial charge in [-0.1, -0.05) is 36.2 Å². The second kappa shape index (κ2) is 7.23. The lowest BCUT2D eigenvalue weighted by molar-refractivity contribution is 0.0935. The summed E-state index contributed by atoms with van der Waals surface area (Å²) in [6, 6.07) is 5.15. The number of likely N-dealkylation sites (N-methyl/N-ethyl adjacent to an activating group) is 1. The summed E-state index contributed by atoms with van der Waals surface area (Å²) in [5.74, 6) is 2.39. The lowest BCUT2D eigenvalue weighted by Crippen LogP contribution is -2.37. The second-order valence-electron chi connectivity index (χ2n) is 8.98. The molecule has 0 radical (unpaired) electrons. The van der Waals surface area contributed by atoms with Crippen molar-refractivity contribution in [2.24, 2.45) is 23.2 Å². The standard InChI is InChI=1S/C22H29ClN2O2/c1-22(9-13-5-15-7-16(10-22)17(15)6-13)12-25-21(27)18-8-14(3-4-19(18)23)20(26)11-24-2/h3-4,8,10,13,15,17,20,24,26H,5-7,9,11-12H2,1-2H3,(H,25,27)/t13?,15?,17?,20-,22?/m0/s1. The number of rotatable bonds is 6. The summed E-state index contributed by atoms with van der Waals surface area (Å²) in [6.45, 7) is 3.32. The number of hydrogen-bond acceptors (Lipinski definition) is 3. The molecule has 4 rings (SSSR count). The molecule has 3 aliphatic carbocycles. The normalized spacial score (nSPS) is 32.3. The van der Waals surface area contributed by atoms with E-state index >= 15 is 0 Å². The average Bonchev–Trinajstić information content (AvgIpc) is 2.87. The summed E-state index contributed by atoms with van der Waals surface area (Å²) in [5.41, 5.74) is 2.76. The number of aliphatic hydroxyl groups excluding tert-OH is 1. The average molecular weight is 389 g/mol. The molecule has 3 aliphatic rings. The molecule has 1 aromatic rings. The molecule has 0 aromatic heterocycles. The molecule has 5 atom stereocenters. The van der Waals surface area contributed by atoms with Crippen molar-refractivity contribution >= 4 is 17.5 Å². The van der Waals surface area contributed by atoms with Crippen molar-refractivity contribution in [3.8, 4) is 0 Å². The summed E-state index contributed by atoms with van der Waals surface area (Å²) < 4.78 is 0. The van der Waals surface area contributed by atoms with Gasteiger partial charge in [0.25, 0.3) is 5.91 Å². The quantitative estimate of drug-likeness (QED) is 0.651. The maximum atomic E-state index is 12.8. The van der Waals surface area contributed by atoms with Gasteiger partial charge in [0.2, 0.25) is 0 Å². The molecule has 0 spiro atoms. The van der Waals surface area contributed by atoms with E-state index in [2.05, 4.69) is 23.6 Å². The topological polar surface area (TPSA) is 61.4 Å². The molecule has 146 valence electrons. The fourth-order valence-corrected chi connectivity index (χ4v) is 5.65. The van der Waals surface area contributed by atoms with Crippen molar-refractivity contribution in [1.82, 2.24) is 10.6 Å². The number of halogens is 1. The molecule has 3 N–H and O–H groups in total. The zero-order valence-electron chi connectivity index (χ0n) is 16.1. The van der Waals surface area contributed by atoms with Crippen molar-refractivity contribution in [1.29, 1.82) is 0 Å². The Bertz CT molecular complexity index is 778. The minimum Gasteiger partial charge on any atom is -0.387 e. The van der Waals surface area contributed by atoms with Crippen LogP contribution in [0, 0.1) is 23.2 Å². The summed E-state index contributed by atoms with van der Waals surface area (Å²) in [6.07, 6.45) is 6.91. The number of carbonyl (C=O) groups excluding carboxylic acids is 1. The highest BCUT2D eigenvalue weighted by molar-refractivity contribution is 6.33. The van der Waals surface area contributed by atoms with E-state index in [1.807, 2.05) is 0 Å². The number of allylic oxidation sites excluding steroid dienone is 1. The first kappa shape index (κ1) is 19.0. The van der Waals surface area contributed by atoms with Crippen LogP contribution in [0.3, 0.4) is 0 Å². The number of amides is 1. The lowest BCUT2D eigenvalue weighted by atomic mass is 9.67. The van der Waals surface area contributed by atoms with E-state index in [-0.39, 0.29) is 11.3 Å². The smallest absolute Gasteiger partial charge is 0.252 e. The van der Waals surface area contributed by atoms with Crippen LogP contribution in [0.2, 0.25) is 5.02 Å². The molecule has 4 nitrogen and oxygen atoms in total. The number of carbonyl (C=O) groups is 1. The van der Waals surface area contributed by atoms with E-state index < -0.39 is 6.10 Å². The van der Waals surface area contributed by atoms with Crippen LogP contribution in [0.15, 0.2) is 29.8 Å². The van der Waals surface area contributed by atoms with Gasteiger partial charge >= 0.3 is 0 Å². The van der Waals surface area contributed by atoms with Crippen molar-refractivity contribution < 1.29 is 9.90 Å². The van der Waals surface area contributed by atoms with Gasteiger partial charge in [0.1, 0.15) is 0 Å². The Labute approximate surface area is 166 Å². The molecule has 1 aromatic carbocycles. The van der Waals surface area contributed by atoms with Gasteiger partial charge in [-0.05, 0) is 68.2 Å². The SMILES string of the molecule is CNC[C@H](O)c1ccc(Cl)c(C(=O)NCC2(C)C=C3CC4CC(CC34)C2)c1. The van der Waals surface area contributed by atoms with Crippen LogP contribution < -0.4 is 10.6 Å². The largest absolute Gasteiger partial charge is 0.387 e. The first-order valence-corrected chi connectivity index (χ1v) is 10.4. The van der Waals surface area contributed by atoms with Crippen molar-refractivity contribution in [2.75, 3.05) is 20.1 Å². The number of benzene rings is 1. The highest BCUT2D eigenvalue weighted by Gasteiger charge is 2.48. The predicted octanol–water partition coefficient (Wildman–Crippen LogP) is 3.71. The van der Waals surface area contributed by atoms with E-state index in [9.17, 15) is 9.90 Å². The van der Waals surface area contributed by atoms with Crippen molar-refractivity contribution in [3.63, 3.8) is 0 Å². The number of hydrogen-bond donors (Lipinski definition) is 3. The summed E-state index contributed by atoms with van der Waals surface area (Å²) in [5, 5.41) is 16.6. The molecule has 27 heavy (non-hydrogen) atoms. The van der Waals surface area contributed by atoms with Crippen LogP contribution in [-0.4, -0.2) is 31.2 Å². The molecule has 1 amide bonds. The highest BCUT2D eigenvalue weighted by atomic mass is 35.5. The molecule has 2 fully saturated rings. The third-order valence-electron chi connectivity index (χ3n) is 6.73. The van der Waals surface area contributed by atoms with Gasteiger partial charge in [0.15, 0.2) is 0 Å². The first-order valence-electron chi connectivity index (χ1n) is 10.0. The van der Waals surface area contributed by atoms with Crippen LogP contribution in [0.4, 0.5) is 0 Å². The van der Waals surface area contributed by atoms with E-state index in [4.69, 9.17) is 11.6 Å². The van der Waals surface area contributed by atoms with Crippen LogP contribution in [0.1, 0.15) is 54.6 Å². The minimum absolute atomic E-state index is 0.0194. The fraction of sp³-hybridized carbons (Fsp3) is 0.591. The van der Waals surface area contributed by atoms with Gasteiger partial charge < -0.3 is 15.7 Å². The van der Waals surface area contributed by atoms with Crippen LogP contribution in [0.5, 0.6) is 0 Å². The van der Waals surface area contributed by atoms with Gasteiger partial charge in [-0.15, -0.1) is 0 Å². The van der Waals surface area contributed by atoms with E-state index in [1.165, 1.54) is 19.3 Å². The van der Waals surface area contributed by atoms with E-state index in [0.29, 0.717) is 29.2 Å². The minimum atomic E-state index is -0.662. The van der Waals surface area contributed by atoms with Crippen molar-refractivity contribution in [3.05, 3.63) is 46.0 Å². The van der Waals surface area contributed by atoms with Crippen LogP contribution in [-0.2, 0) is 0 Å². The van der Waals surface area contributed by atoms with Gasteiger partial charge in [0.05, 0.1) is 16.7 Å². The van der Waals surface area contributed by atoms with Crippen LogP contribution in [0.25, 0.3) is 0 Å². The summed E-state index contributed by atoms with van der Waals surface area (Å²) in [4.78, 5) is 12.8. The maximum absolute atomic E-state index is 12.8. The fourth-order valence-electron chi connectivity index (χ4n) is 5.45. The number of nitrogens with one attached hydrogen (secondary N) is 2. The van der Waals surface area contributed by atoms with Gasteiger partial charge in [0, 0.05) is 18.5 Å². The summed E-state index contributed by atoms with van der Waals surface area (Å²) >= 11 is 6.27. The van der Waals surface area contributed by atoms with Crippen molar-refractivity contribution in [2.45, 2.75) is 38.7 Å². The monoisotopic (exact) mass is 388 g/mol. The zero-order valence-corrected chi connectivity index (χ0v) is 16.9. The van der Waals surface area contributed by atoms with Gasteiger partial charge in [-0.2, -0.15) is 0 Å². The third-order valence-corrected chi connectivity index (χ3v) is 7.06. The highest BCUT2D eigenvalue weighted by Crippen LogP contribution is 2.58. The Kier molecular flexibility index (Phi) is 5.08. The molecule has 0 heterocycles. The Balaban J connectivity index is 1.46. The molecular weight excluding hydrogens is 360 g/mol. The first-order chi connectivity index (χ1) is 12.9. The van der Waals surface area contributed by atoms with Gasteiger partial charge in [-0.3, -0.25) is 4.79 Å². The number of fused-ring (bicyclic) bond motifs is 1. The Morgan fingerprint density at radius 2 is 2.22 bits per heavy atom. The Morgan fingerprint density at radius 1 is 1.41 bits per heavy atom. The van der Waals surface area contributed by atoms with Gasteiger partial charge in [-0.25, -0.2) is 0 Å². The molecule has 0 aliphatic heterocycles. The number of aliphatic hydroxyl groups is 1. The predicted molar refractivity (Wildman–Crippen MR) is 108 cm³/mol. The maximum Gasteiger partial charge on any atom is 0.252 e. The Hall–Kier alpha value is -1.36. The van der Waals surface area contributed by atoms with E-state index in [1.54, 1.807) is 30.8 Å². The molecule has 0 saturated heterocycles. The lowest BCUT2D eigenvalue weighted by Gasteiger charge is -2.38. The third kappa shape index (κ3) is 3.67. The molecule has 5 heteroatoms. The zero-order chi connectivity index (χ0) is 19.2. The van der Waals surface area contributed by atoms with E-state index in [0.717, 1.165) is 24.2 Å². The molecular formula is C22H29ClN2O2.